The van der Waals surface area contributed by atoms with Gasteiger partial charge in [-0.3, -0.25) is 4.79 Å². The summed E-state index contributed by atoms with van der Waals surface area (Å²) in [5, 5.41) is 8.87. The smallest absolute Gasteiger partial charge is 0.345 e. The van der Waals surface area contributed by atoms with Crippen LogP contribution in [-0.2, 0) is 11.2 Å². The van der Waals surface area contributed by atoms with Gasteiger partial charge in [-0.25, -0.2) is 4.79 Å². The highest BCUT2D eigenvalue weighted by Crippen LogP contribution is 2.09. The molecule has 0 fully saturated rings. The van der Waals surface area contributed by atoms with Crippen molar-refractivity contribution in [1.29, 1.82) is 0 Å². The number of amides is 1. The summed E-state index contributed by atoms with van der Waals surface area (Å²) in [6.07, 6.45) is 0.190. The molecule has 1 amide bonds. The highest BCUT2D eigenvalue weighted by molar-refractivity contribution is 5.79. The molecule has 0 unspecified atom stereocenters. The van der Waals surface area contributed by atoms with Crippen molar-refractivity contribution in [2.75, 3.05) is 19.7 Å². The van der Waals surface area contributed by atoms with E-state index in [4.69, 9.17) is 5.11 Å². The molecule has 1 rings (SSSR count). The average molecular weight is 253 g/mol. The van der Waals surface area contributed by atoms with Gasteiger partial charge in [-0.2, -0.15) is 4.98 Å². The number of aryl methyl sites for hydroxylation is 2. The third kappa shape index (κ3) is 3.40. The van der Waals surface area contributed by atoms with Crippen molar-refractivity contribution in [3.05, 3.63) is 27.4 Å². The van der Waals surface area contributed by atoms with E-state index in [1.54, 1.807) is 18.7 Å². The summed E-state index contributed by atoms with van der Waals surface area (Å²) in [4.78, 5) is 31.1. The van der Waals surface area contributed by atoms with E-state index in [0.717, 1.165) is 5.56 Å². The maximum atomic E-state index is 12.0. The fraction of sp³-hybridized carbons (Fsp3) is 0.583. The normalized spacial score (nSPS) is 10.4. The van der Waals surface area contributed by atoms with Gasteiger partial charge >= 0.3 is 5.69 Å². The number of aromatic amines is 1. The van der Waals surface area contributed by atoms with Crippen LogP contribution in [0.5, 0.6) is 0 Å². The Morgan fingerprint density at radius 2 is 2.11 bits per heavy atom. The van der Waals surface area contributed by atoms with Gasteiger partial charge in [0, 0.05) is 30.0 Å². The number of carbonyl (C=O) groups is 1. The predicted octanol–water partition coefficient (Wildman–Crippen LogP) is -0.230. The lowest BCUT2D eigenvalue weighted by Gasteiger charge is -2.20. The molecule has 0 aliphatic carbocycles. The molecular formula is C12H19N3O3. The van der Waals surface area contributed by atoms with Gasteiger partial charge in [0.05, 0.1) is 13.0 Å². The lowest BCUT2D eigenvalue weighted by Crippen LogP contribution is -2.35. The Hall–Kier alpha value is -1.69. The molecule has 6 nitrogen and oxygen atoms in total. The average Bonchev–Trinajstić information content (AvgIpc) is 2.30. The van der Waals surface area contributed by atoms with Crippen LogP contribution < -0.4 is 5.69 Å². The zero-order valence-electron chi connectivity index (χ0n) is 11.0. The number of hydrogen-bond donors (Lipinski definition) is 2. The number of aliphatic hydroxyl groups excluding tert-OH is 1. The van der Waals surface area contributed by atoms with Crippen molar-refractivity contribution < 1.29 is 9.90 Å². The first-order valence-electron chi connectivity index (χ1n) is 5.94. The van der Waals surface area contributed by atoms with Gasteiger partial charge in [-0.05, 0) is 20.8 Å². The number of likely N-dealkylation sites (N-methyl/N-ethyl adjacent to an activating group) is 1. The summed E-state index contributed by atoms with van der Waals surface area (Å²) >= 11 is 0. The largest absolute Gasteiger partial charge is 0.395 e. The summed E-state index contributed by atoms with van der Waals surface area (Å²) in [6.45, 7) is 6.15. The molecule has 0 atom stereocenters. The predicted molar refractivity (Wildman–Crippen MR) is 67.4 cm³/mol. The SMILES string of the molecule is CCN(CCO)C(=O)Cc1c(C)nc(=O)[nH]c1C. The van der Waals surface area contributed by atoms with E-state index in [0.29, 0.717) is 24.5 Å². The van der Waals surface area contributed by atoms with E-state index in [-0.39, 0.29) is 18.9 Å². The molecule has 2 N–H and O–H groups in total. The molecule has 1 heterocycles. The summed E-state index contributed by atoms with van der Waals surface area (Å²) in [5.74, 6) is -0.0772. The molecule has 0 aromatic carbocycles. The molecular weight excluding hydrogens is 234 g/mol. The Bertz CT molecular complexity index is 456. The van der Waals surface area contributed by atoms with E-state index in [1.807, 2.05) is 6.92 Å². The number of H-pyrrole nitrogens is 1. The molecule has 0 aliphatic heterocycles. The fourth-order valence-corrected chi connectivity index (χ4v) is 1.86. The van der Waals surface area contributed by atoms with E-state index in [2.05, 4.69) is 9.97 Å². The maximum absolute atomic E-state index is 12.0. The Morgan fingerprint density at radius 1 is 1.44 bits per heavy atom. The molecule has 1 aromatic heterocycles. The first kappa shape index (κ1) is 14.4. The molecule has 100 valence electrons. The topological polar surface area (TPSA) is 86.3 Å². The molecule has 0 radical (unpaired) electrons. The maximum Gasteiger partial charge on any atom is 0.345 e. The number of nitrogens with one attached hydrogen (secondary N) is 1. The van der Waals surface area contributed by atoms with Crippen molar-refractivity contribution >= 4 is 5.91 Å². The molecule has 0 saturated heterocycles. The number of carbonyl (C=O) groups excluding carboxylic acids is 1. The Morgan fingerprint density at radius 3 is 2.61 bits per heavy atom. The van der Waals surface area contributed by atoms with Crippen LogP contribution >= 0.6 is 0 Å². The Balaban J connectivity index is 2.91. The van der Waals surface area contributed by atoms with Gasteiger partial charge in [-0.1, -0.05) is 0 Å². The van der Waals surface area contributed by atoms with Crippen LogP contribution in [-0.4, -0.2) is 45.6 Å². The lowest BCUT2D eigenvalue weighted by atomic mass is 10.1. The monoisotopic (exact) mass is 253 g/mol. The van der Waals surface area contributed by atoms with Gasteiger partial charge in [0.15, 0.2) is 0 Å². The lowest BCUT2D eigenvalue weighted by molar-refractivity contribution is -0.130. The Labute approximate surface area is 106 Å². The summed E-state index contributed by atoms with van der Waals surface area (Å²) in [5.41, 5.74) is 1.59. The van der Waals surface area contributed by atoms with Gasteiger partial charge in [0.25, 0.3) is 0 Å². The van der Waals surface area contributed by atoms with E-state index in [9.17, 15) is 9.59 Å². The van der Waals surface area contributed by atoms with Crippen molar-refractivity contribution in [2.45, 2.75) is 27.2 Å². The van der Waals surface area contributed by atoms with Crippen LogP contribution in [0.15, 0.2) is 4.79 Å². The molecule has 0 saturated carbocycles. The second-order valence-electron chi connectivity index (χ2n) is 4.10. The molecule has 1 aromatic rings. The first-order valence-corrected chi connectivity index (χ1v) is 5.94. The second-order valence-corrected chi connectivity index (χ2v) is 4.10. The van der Waals surface area contributed by atoms with Crippen LogP contribution in [0.4, 0.5) is 0 Å². The molecule has 0 aliphatic rings. The molecule has 0 bridgehead atoms. The summed E-state index contributed by atoms with van der Waals surface area (Å²) in [6, 6.07) is 0. The number of aliphatic hydroxyl groups is 1. The zero-order valence-corrected chi connectivity index (χ0v) is 11.0. The van der Waals surface area contributed by atoms with Crippen LogP contribution in [0, 0.1) is 13.8 Å². The fourth-order valence-electron chi connectivity index (χ4n) is 1.86. The van der Waals surface area contributed by atoms with Crippen LogP contribution in [0.3, 0.4) is 0 Å². The van der Waals surface area contributed by atoms with E-state index >= 15 is 0 Å². The van der Waals surface area contributed by atoms with E-state index in [1.165, 1.54) is 0 Å². The first-order chi connectivity index (χ1) is 8.49. The van der Waals surface area contributed by atoms with Crippen molar-refractivity contribution in [3.8, 4) is 0 Å². The number of nitrogens with zero attached hydrogens (tertiary/aromatic N) is 2. The van der Waals surface area contributed by atoms with Gasteiger partial charge in [0.2, 0.25) is 5.91 Å². The standard InChI is InChI=1S/C12H19N3O3/c1-4-15(5-6-16)11(17)7-10-8(2)13-12(18)14-9(10)3/h16H,4-7H2,1-3H3,(H,13,14,18). The van der Waals surface area contributed by atoms with Gasteiger partial charge in [0.1, 0.15) is 0 Å². The molecule has 18 heavy (non-hydrogen) atoms. The second kappa shape index (κ2) is 6.30. The van der Waals surface area contributed by atoms with Crippen LogP contribution in [0.2, 0.25) is 0 Å². The summed E-state index contributed by atoms with van der Waals surface area (Å²) in [7, 11) is 0. The quantitative estimate of drug-likeness (QED) is 0.759. The van der Waals surface area contributed by atoms with Crippen molar-refractivity contribution in [2.24, 2.45) is 0 Å². The third-order valence-electron chi connectivity index (χ3n) is 2.89. The van der Waals surface area contributed by atoms with Crippen molar-refractivity contribution in [3.63, 3.8) is 0 Å². The van der Waals surface area contributed by atoms with Gasteiger partial charge < -0.3 is 15.0 Å². The number of aromatic nitrogens is 2. The number of rotatable bonds is 5. The minimum Gasteiger partial charge on any atom is -0.395 e. The molecule has 0 spiro atoms. The Kier molecular flexibility index (Phi) is 5.03. The highest BCUT2D eigenvalue weighted by atomic mass is 16.3. The van der Waals surface area contributed by atoms with E-state index < -0.39 is 5.69 Å². The highest BCUT2D eigenvalue weighted by Gasteiger charge is 2.15. The van der Waals surface area contributed by atoms with Gasteiger partial charge in [-0.15, -0.1) is 0 Å². The zero-order chi connectivity index (χ0) is 13.7. The third-order valence-corrected chi connectivity index (χ3v) is 2.89. The van der Waals surface area contributed by atoms with Crippen LogP contribution in [0.25, 0.3) is 0 Å². The number of hydrogen-bond acceptors (Lipinski definition) is 4. The summed E-state index contributed by atoms with van der Waals surface area (Å²) < 4.78 is 0. The van der Waals surface area contributed by atoms with Crippen LogP contribution in [0.1, 0.15) is 23.9 Å². The van der Waals surface area contributed by atoms with Crippen molar-refractivity contribution in [1.82, 2.24) is 14.9 Å². The molecule has 6 heteroatoms. The minimum absolute atomic E-state index is 0.0541. The minimum atomic E-state index is -0.399.